The first-order chi connectivity index (χ1) is 19.6. The Labute approximate surface area is 250 Å². The van der Waals surface area contributed by atoms with Crippen LogP contribution in [0.25, 0.3) is 0 Å². The van der Waals surface area contributed by atoms with Crippen LogP contribution in [0.5, 0.6) is 5.75 Å². The number of rotatable bonds is 9. The maximum absolute atomic E-state index is 13.5. The van der Waals surface area contributed by atoms with Crippen molar-refractivity contribution >= 4 is 26.1 Å². The van der Waals surface area contributed by atoms with E-state index < -0.39 is 26.1 Å². The summed E-state index contributed by atoms with van der Waals surface area (Å²) >= 11 is 0. The molecule has 9 nitrogen and oxygen atoms in total. The van der Waals surface area contributed by atoms with Crippen LogP contribution < -0.4 is 15.4 Å². The third-order valence-electron chi connectivity index (χ3n) is 7.30. The average Bonchev–Trinajstić information content (AvgIpc) is 2.93. The molecule has 3 rings (SSSR count). The number of anilines is 1. The summed E-state index contributed by atoms with van der Waals surface area (Å²) in [6, 6.07) is 18.7. The van der Waals surface area contributed by atoms with Gasteiger partial charge < -0.3 is 24.8 Å². The highest BCUT2D eigenvalue weighted by Gasteiger charge is 2.40. The number of nitrogens with zero attached hydrogens (tertiary/aromatic N) is 3. The van der Waals surface area contributed by atoms with Crippen LogP contribution in [0.2, 0.25) is 18.1 Å². The summed E-state index contributed by atoms with van der Waals surface area (Å²) in [6.45, 7) is 16.7. The average molecular weight is 593 g/mol. The quantitative estimate of drug-likeness (QED) is 0.0884. The summed E-state index contributed by atoms with van der Waals surface area (Å²) in [5.41, 5.74) is 8.11. The molecule has 42 heavy (non-hydrogen) atoms. The second kappa shape index (κ2) is 13.0. The van der Waals surface area contributed by atoms with Crippen molar-refractivity contribution in [3.63, 3.8) is 0 Å². The number of methoxy groups -OCH3 is 1. The van der Waals surface area contributed by atoms with E-state index in [1.165, 1.54) is 4.90 Å². The molecule has 1 aromatic heterocycles. The van der Waals surface area contributed by atoms with E-state index in [-0.39, 0.29) is 17.4 Å². The highest BCUT2D eigenvalue weighted by Crippen LogP contribution is 2.43. The van der Waals surface area contributed by atoms with Crippen LogP contribution >= 0.6 is 0 Å². The van der Waals surface area contributed by atoms with Gasteiger partial charge in [0.1, 0.15) is 17.2 Å². The van der Waals surface area contributed by atoms with E-state index in [2.05, 4.69) is 44.0 Å². The van der Waals surface area contributed by atoms with Crippen LogP contribution in [0.3, 0.4) is 0 Å². The van der Waals surface area contributed by atoms with Crippen LogP contribution in [0.15, 0.2) is 72.0 Å². The molecule has 0 saturated heterocycles. The second-order valence-electron chi connectivity index (χ2n) is 12.7. The number of para-hydroxylation sites is 1. The molecule has 1 heterocycles. The fraction of sp³-hybridized carbons (Fsp3) is 0.406. The zero-order chi connectivity index (χ0) is 31.3. The summed E-state index contributed by atoms with van der Waals surface area (Å²) < 4.78 is 18.5. The molecule has 0 aliphatic heterocycles. The number of hydrogen-bond donors (Lipinski definition) is 2. The van der Waals surface area contributed by atoms with E-state index in [0.717, 1.165) is 16.7 Å². The first-order valence-corrected chi connectivity index (χ1v) is 16.8. The lowest BCUT2D eigenvalue weighted by molar-refractivity contribution is 0.0576. The Hall–Kier alpha value is -3.89. The zero-order valence-corrected chi connectivity index (χ0v) is 27.1. The Kier molecular flexibility index (Phi) is 10.1. The number of amides is 1. The predicted molar refractivity (Wildman–Crippen MR) is 169 cm³/mol. The van der Waals surface area contributed by atoms with Gasteiger partial charge >= 0.3 is 6.09 Å². The van der Waals surface area contributed by atoms with Gasteiger partial charge in [-0.05, 0) is 68.2 Å². The van der Waals surface area contributed by atoms with Crippen molar-refractivity contribution in [3.05, 3.63) is 89.1 Å². The summed E-state index contributed by atoms with van der Waals surface area (Å²) in [5, 5.41) is 12.0. The minimum Gasteiger partial charge on any atom is -0.496 e. The molecule has 0 radical (unpaired) electrons. The molecule has 0 aliphatic carbocycles. The number of pyridine rings is 1. The van der Waals surface area contributed by atoms with E-state index in [1.807, 2.05) is 69.3 Å². The van der Waals surface area contributed by atoms with Gasteiger partial charge in [-0.15, -0.1) is 0 Å². The van der Waals surface area contributed by atoms with Gasteiger partial charge in [-0.1, -0.05) is 68.4 Å². The predicted octanol–water partition coefficient (Wildman–Crippen LogP) is 7.24. The van der Waals surface area contributed by atoms with Crippen molar-refractivity contribution in [1.82, 2.24) is 4.98 Å². The van der Waals surface area contributed by atoms with E-state index >= 15 is 0 Å². The van der Waals surface area contributed by atoms with Crippen molar-refractivity contribution in [1.29, 1.82) is 0 Å². The SMILES string of the molecule is COc1ccccc1C(O[Si](C)(C)C(C)(C)C)c1ccnc(N(Cc2ccc(/C(N)=N/O)cc2)C(=O)OC(C)(C)C)c1. The molecule has 3 aromatic rings. The largest absolute Gasteiger partial charge is 0.496 e. The fourth-order valence-corrected chi connectivity index (χ4v) is 5.19. The van der Waals surface area contributed by atoms with Crippen molar-refractivity contribution < 1.29 is 23.9 Å². The number of amidine groups is 1. The molecule has 226 valence electrons. The van der Waals surface area contributed by atoms with E-state index in [4.69, 9.17) is 24.8 Å². The molecule has 3 N–H and O–H groups in total. The summed E-state index contributed by atoms with van der Waals surface area (Å²) in [6.07, 6.45) is 0.692. The van der Waals surface area contributed by atoms with Crippen LogP contribution in [0.4, 0.5) is 10.6 Å². The fourth-order valence-electron chi connectivity index (χ4n) is 3.99. The summed E-state index contributed by atoms with van der Waals surface area (Å²) in [7, 11) is -0.617. The molecule has 2 aromatic carbocycles. The molecular formula is C32H44N4O5Si. The van der Waals surface area contributed by atoms with E-state index in [9.17, 15) is 4.79 Å². The standard InChI is InChI=1S/C32H44N4O5Si/c1-31(2,3)40-30(37)36(21-22-14-16-23(17-15-22)29(33)35-38)27-20-24(18-19-34-27)28(41-42(8,9)32(4,5)6)25-12-10-11-13-26(25)39-7/h10-20,28,38H,21H2,1-9H3,(H2,33,35). The van der Waals surface area contributed by atoms with Crippen LogP contribution in [0, 0.1) is 0 Å². The zero-order valence-electron chi connectivity index (χ0n) is 26.1. The smallest absolute Gasteiger partial charge is 0.416 e. The number of oxime groups is 1. The lowest BCUT2D eigenvalue weighted by Gasteiger charge is -2.40. The second-order valence-corrected chi connectivity index (χ2v) is 17.5. The number of benzene rings is 2. The van der Waals surface area contributed by atoms with Crippen LogP contribution in [-0.2, 0) is 15.7 Å². The Morgan fingerprint density at radius 2 is 1.69 bits per heavy atom. The first-order valence-electron chi connectivity index (χ1n) is 13.9. The van der Waals surface area contributed by atoms with Gasteiger partial charge in [-0.25, -0.2) is 9.78 Å². The number of aromatic nitrogens is 1. The number of carbonyl (C=O) groups excluding carboxylic acids is 1. The Morgan fingerprint density at radius 3 is 2.26 bits per heavy atom. The van der Waals surface area contributed by atoms with Gasteiger partial charge in [0.2, 0.25) is 0 Å². The van der Waals surface area contributed by atoms with Gasteiger partial charge in [-0.3, -0.25) is 4.90 Å². The van der Waals surface area contributed by atoms with Gasteiger partial charge in [0.15, 0.2) is 14.2 Å². The van der Waals surface area contributed by atoms with Gasteiger partial charge in [0.05, 0.1) is 19.8 Å². The monoisotopic (exact) mass is 592 g/mol. The summed E-state index contributed by atoms with van der Waals surface area (Å²) in [4.78, 5) is 19.6. The van der Waals surface area contributed by atoms with E-state index in [0.29, 0.717) is 17.1 Å². The van der Waals surface area contributed by atoms with Crippen molar-refractivity contribution in [2.75, 3.05) is 12.0 Å². The van der Waals surface area contributed by atoms with Gasteiger partial charge in [0, 0.05) is 17.3 Å². The number of hydrogen-bond acceptors (Lipinski definition) is 7. The molecular weight excluding hydrogens is 548 g/mol. The van der Waals surface area contributed by atoms with Gasteiger partial charge in [0.25, 0.3) is 0 Å². The minimum absolute atomic E-state index is 0.00373. The molecule has 1 atom stereocenters. The van der Waals surface area contributed by atoms with Crippen molar-refractivity contribution in [2.45, 2.75) is 77.9 Å². The number of carbonyl (C=O) groups is 1. The molecule has 0 fully saturated rings. The Morgan fingerprint density at radius 1 is 1.05 bits per heavy atom. The molecule has 1 amide bonds. The van der Waals surface area contributed by atoms with Crippen molar-refractivity contribution in [2.24, 2.45) is 10.9 Å². The first kappa shape index (κ1) is 32.6. The van der Waals surface area contributed by atoms with Crippen LogP contribution in [0.1, 0.15) is 69.9 Å². The summed E-state index contributed by atoms with van der Waals surface area (Å²) in [5.74, 6) is 1.14. The lowest BCUT2D eigenvalue weighted by atomic mass is 10.0. The third kappa shape index (κ3) is 8.10. The van der Waals surface area contributed by atoms with Crippen LogP contribution in [-0.4, -0.2) is 43.1 Å². The third-order valence-corrected chi connectivity index (χ3v) is 11.7. The number of ether oxygens (including phenoxy) is 2. The molecule has 0 spiro atoms. The van der Waals surface area contributed by atoms with E-state index in [1.54, 1.807) is 25.4 Å². The Balaban J connectivity index is 2.11. The maximum Gasteiger partial charge on any atom is 0.416 e. The molecule has 0 bridgehead atoms. The highest BCUT2D eigenvalue weighted by atomic mass is 28.4. The Bertz CT molecular complexity index is 1400. The lowest BCUT2D eigenvalue weighted by Crippen LogP contribution is -2.42. The number of nitrogens with two attached hydrogens (primary N) is 1. The highest BCUT2D eigenvalue weighted by molar-refractivity contribution is 6.74. The molecule has 10 heteroatoms. The minimum atomic E-state index is -2.27. The maximum atomic E-state index is 13.5. The molecule has 0 aliphatic rings. The van der Waals surface area contributed by atoms with Crippen molar-refractivity contribution in [3.8, 4) is 5.75 Å². The molecule has 1 unspecified atom stereocenters. The topological polar surface area (TPSA) is 120 Å². The molecule has 0 saturated carbocycles. The van der Waals surface area contributed by atoms with Gasteiger partial charge in [-0.2, -0.15) is 0 Å². The normalized spacial score (nSPS) is 13.4.